The lowest BCUT2D eigenvalue weighted by Crippen LogP contribution is -2.19. The first-order valence-corrected chi connectivity index (χ1v) is 9.94. The molecule has 0 atom stereocenters. The predicted molar refractivity (Wildman–Crippen MR) is 111 cm³/mol. The summed E-state index contributed by atoms with van der Waals surface area (Å²) >= 11 is 1.09. The molecule has 1 aromatic carbocycles. The lowest BCUT2D eigenvalue weighted by atomic mass is 10.2. The summed E-state index contributed by atoms with van der Waals surface area (Å²) in [6.45, 7) is 5.82. The Morgan fingerprint density at radius 3 is 2.46 bits per heavy atom. The average molecular weight is 395 g/mol. The Morgan fingerprint density at radius 1 is 1.07 bits per heavy atom. The highest BCUT2D eigenvalue weighted by molar-refractivity contribution is 7.08. The van der Waals surface area contributed by atoms with E-state index in [4.69, 9.17) is 0 Å². The van der Waals surface area contributed by atoms with Crippen molar-refractivity contribution in [2.45, 2.75) is 26.7 Å². The monoisotopic (exact) mass is 395 g/mol. The lowest BCUT2D eigenvalue weighted by molar-refractivity contribution is 0.103. The number of carbonyl (C=O) groups is 1. The SMILES string of the molecule is Cc1cc(N2CCCC2)nc(Nc2ccc(NC(=O)c3snnc3C)cc2)n1. The summed E-state index contributed by atoms with van der Waals surface area (Å²) in [5.41, 5.74) is 3.11. The van der Waals surface area contributed by atoms with Crippen molar-refractivity contribution in [2.75, 3.05) is 28.6 Å². The van der Waals surface area contributed by atoms with Crippen LogP contribution in [0.4, 0.5) is 23.1 Å². The van der Waals surface area contributed by atoms with Gasteiger partial charge in [0, 0.05) is 36.2 Å². The van der Waals surface area contributed by atoms with E-state index < -0.39 is 0 Å². The second-order valence-corrected chi connectivity index (χ2v) is 7.48. The Bertz CT molecular complexity index is 980. The molecule has 0 spiro atoms. The van der Waals surface area contributed by atoms with Crippen LogP contribution in [0.1, 0.15) is 33.9 Å². The summed E-state index contributed by atoms with van der Waals surface area (Å²) in [5.74, 6) is 1.33. The van der Waals surface area contributed by atoms with E-state index in [1.165, 1.54) is 12.8 Å². The van der Waals surface area contributed by atoms with Crippen LogP contribution in [0.2, 0.25) is 0 Å². The van der Waals surface area contributed by atoms with Crippen LogP contribution in [-0.2, 0) is 0 Å². The molecule has 3 heterocycles. The maximum Gasteiger partial charge on any atom is 0.269 e. The van der Waals surface area contributed by atoms with E-state index >= 15 is 0 Å². The van der Waals surface area contributed by atoms with E-state index in [1.807, 2.05) is 37.3 Å². The molecule has 144 valence electrons. The standard InChI is InChI=1S/C19H21N7OS/c1-12-11-16(26-9-3-4-10-26)23-19(20-12)22-15-7-5-14(6-8-15)21-18(27)17-13(2)24-25-28-17/h5-8,11H,3-4,9-10H2,1-2H3,(H,21,27)(H,20,22,23). The minimum absolute atomic E-state index is 0.203. The molecule has 28 heavy (non-hydrogen) atoms. The number of carbonyl (C=O) groups excluding carboxylic acids is 1. The van der Waals surface area contributed by atoms with E-state index in [1.54, 1.807) is 6.92 Å². The summed E-state index contributed by atoms with van der Waals surface area (Å²) in [6, 6.07) is 9.46. The van der Waals surface area contributed by atoms with Crippen LogP contribution in [0.25, 0.3) is 0 Å². The summed E-state index contributed by atoms with van der Waals surface area (Å²) in [6.07, 6.45) is 2.41. The van der Waals surface area contributed by atoms with E-state index in [2.05, 4.69) is 35.1 Å². The zero-order chi connectivity index (χ0) is 19.5. The number of benzene rings is 1. The molecule has 2 N–H and O–H groups in total. The first-order valence-electron chi connectivity index (χ1n) is 9.16. The fourth-order valence-corrected chi connectivity index (χ4v) is 3.66. The molecule has 0 unspecified atom stereocenters. The van der Waals surface area contributed by atoms with Gasteiger partial charge in [-0.3, -0.25) is 4.79 Å². The van der Waals surface area contributed by atoms with Crippen molar-refractivity contribution < 1.29 is 4.79 Å². The molecule has 1 saturated heterocycles. The molecule has 3 aromatic rings. The van der Waals surface area contributed by atoms with Crippen molar-refractivity contribution in [2.24, 2.45) is 0 Å². The van der Waals surface area contributed by atoms with Crippen LogP contribution in [0.3, 0.4) is 0 Å². The zero-order valence-corrected chi connectivity index (χ0v) is 16.6. The number of rotatable bonds is 5. The first-order chi connectivity index (χ1) is 13.6. The topological polar surface area (TPSA) is 95.9 Å². The quantitative estimate of drug-likeness (QED) is 0.682. The third-order valence-corrected chi connectivity index (χ3v) is 5.35. The van der Waals surface area contributed by atoms with Crippen LogP contribution in [0.5, 0.6) is 0 Å². The van der Waals surface area contributed by atoms with Crippen LogP contribution >= 0.6 is 11.5 Å². The molecule has 2 aromatic heterocycles. The molecule has 0 radical (unpaired) electrons. The van der Waals surface area contributed by atoms with Gasteiger partial charge < -0.3 is 15.5 Å². The third kappa shape index (κ3) is 4.09. The fourth-order valence-electron chi connectivity index (χ4n) is 3.11. The van der Waals surface area contributed by atoms with Gasteiger partial charge in [0.05, 0.1) is 5.69 Å². The van der Waals surface area contributed by atoms with Gasteiger partial charge in [-0.1, -0.05) is 4.49 Å². The van der Waals surface area contributed by atoms with Crippen LogP contribution in [-0.4, -0.2) is 38.6 Å². The third-order valence-electron chi connectivity index (χ3n) is 4.53. The Hall–Kier alpha value is -3.07. The minimum Gasteiger partial charge on any atom is -0.356 e. The number of amides is 1. The Labute approximate surface area is 167 Å². The molecular weight excluding hydrogens is 374 g/mol. The van der Waals surface area contributed by atoms with Gasteiger partial charge in [0.2, 0.25) is 5.95 Å². The Morgan fingerprint density at radius 2 is 1.79 bits per heavy atom. The first kappa shape index (κ1) is 18.3. The maximum atomic E-state index is 12.3. The van der Waals surface area contributed by atoms with E-state index in [0.29, 0.717) is 22.2 Å². The molecule has 4 rings (SSSR count). The van der Waals surface area contributed by atoms with E-state index in [0.717, 1.165) is 41.8 Å². The van der Waals surface area contributed by atoms with Crippen LogP contribution in [0, 0.1) is 13.8 Å². The molecule has 0 saturated carbocycles. The molecule has 1 amide bonds. The number of hydrogen-bond donors (Lipinski definition) is 2. The summed E-state index contributed by atoms with van der Waals surface area (Å²) in [4.78, 5) is 24.2. The Kier molecular flexibility index (Phi) is 5.16. The molecule has 1 aliphatic heterocycles. The van der Waals surface area contributed by atoms with Gasteiger partial charge in [0.25, 0.3) is 5.91 Å². The van der Waals surface area contributed by atoms with Crippen molar-refractivity contribution in [3.05, 3.63) is 46.6 Å². The maximum absolute atomic E-state index is 12.3. The molecule has 0 aliphatic carbocycles. The number of aromatic nitrogens is 4. The fraction of sp³-hybridized carbons (Fsp3) is 0.316. The highest BCUT2D eigenvalue weighted by Gasteiger charge is 2.15. The van der Waals surface area contributed by atoms with Gasteiger partial charge in [-0.15, -0.1) is 5.10 Å². The highest BCUT2D eigenvalue weighted by atomic mass is 32.1. The smallest absolute Gasteiger partial charge is 0.269 e. The number of anilines is 4. The normalized spacial score (nSPS) is 13.6. The van der Waals surface area contributed by atoms with E-state index in [9.17, 15) is 4.79 Å². The largest absolute Gasteiger partial charge is 0.356 e. The van der Waals surface area contributed by atoms with Gasteiger partial charge in [-0.25, -0.2) is 4.98 Å². The summed E-state index contributed by atoms with van der Waals surface area (Å²) in [7, 11) is 0. The molecule has 1 fully saturated rings. The van der Waals surface area contributed by atoms with Gasteiger partial charge in [0.1, 0.15) is 10.7 Å². The van der Waals surface area contributed by atoms with Crippen molar-refractivity contribution in [1.29, 1.82) is 0 Å². The average Bonchev–Trinajstić information content (AvgIpc) is 3.34. The van der Waals surface area contributed by atoms with Gasteiger partial charge in [0.15, 0.2) is 0 Å². The van der Waals surface area contributed by atoms with E-state index in [-0.39, 0.29) is 5.91 Å². The van der Waals surface area contributed by atoms with Crippen molar-refractivity contribution in [3.63, 3.8) is 0 Å². The van der Waals surface area contributed by atoms with Crippen molar-refractivity contribution >= 4 is 40.6 Å². The number of nitrogens with one attached hydrogen (secondary N) is 2. The lowest BCUT2D eigenvalue weighted by Gasteiger charge is -2.17. The molecule has 9 heteroatoms. The zero-order valence-electron chi connectivity index (χ0n) is 15.8. The van der Waals surface area contributed by atoms with Gasteiger partial charge in [-0.2, -0.15) is 4.98 Å². The van der Waals surface area contributed by atoms with Crippen LogP contribution in [0.15, 0.2) is 30.3 Å². The Balaban J connectivity index is 1.44. The molecule has 0 bridgehead atoms. The number of hydrogen-bond acceptors (Lipinski definition) is 8. The van der Waals surface area contributed by atoms with Crippen LogP contribution < -0.4 is 15.5 Å². The molecule has 1 aliphatic rings. The van der Waals surface area contributed by atoms with Crippen molar-refractivity contribution in [3.8, 4) is 0 Å². The van der Waals surface area contributed by atoms with Gasteiger partial charge in [-0.05, 0) is 62.5 Å². The molecular formula is C19H21N7OS. The van der Waals surface area contributed by atoms with Crippen molar-refractivity contribution in [1.82, 2.24) is 19.6 Å². The predicted octanol–water partition coefficient (Wildman–Crippen LogP) is 3.54. The number of aryl methyl sites for hydroxylation is 2. The highest BCUT2D eigenvalue weighted by Crippen LogP contribution is 2.23. The summed E-state index contributed by atoms with van der Waals surface area (Å²) < 4.78 is 3.79. The second kappa shape index (κ2) is 7.89. The number of nitrogens with zero attached hydrogens (tertiary/aromatic N) is 5. The molecule has 8 nitrogen and oxygen atoms in total. The van der Waals surface area contributed by atoms with Gasteiger partial charge >= 0.3 is 0 Å². The summed E-state index contributed by atoms with van der Waals surface area (Å²) in [5, 5.41) is 9.97. The second-order valence-electron chi connectivity index (χ2n) is 6.73. The minimum atomic E-state index is -0.203.